The second-order valence-corrected chi connectivity index (χ2v) is 8.50. The van der Waals surface area contributed by atoms with Gasteiger partial charge in [-0.3, -0.25) is 0 Å². The van der Waals surface area contributed by atoms with Crippen LogP contribution in [0.15, 0.2) is 14.5 Å². The molecule has 0 amide bonds. The van der Waals surface area contributed by atoms with E-state index in [4.69, 9.17) is 20.2 Å². The predicted molar refractivity (Wildman–Crippen MR) is 73.4 cm³/mol. The zero-order valence-electron chi connectivity index (χ0n) is 20.1. The van der Waals surface area contributed by atoms with Gasteiger partial charge in [-0.05, 0) is 25.8 Å². The van der Waals surface area contributed by atoms with Crippen LogP contribution in [-0.2, 0) is 19.9 Å². The van der Waals surface area contributed by atoms with Crippen LogP contribution in [0, 0.1) is 0 Å². The van der Waals surface area contributed by atoms with Crippen LogP contribution in [0.5, 0.6) is 0 Å². The van der Waals surface area contributed by atoms with E-state index in [9.17, 15) is 16.8 Å². The Balaban J connectivity index is 2.98. The van der Waals surface area contributed by atoms with E-state index in [1.54, 1.807) is 5.32 Å². The highest BCUT2D eigenvalue weighted by atomic mass is 32.3. The monoisotopic (exact) mass is 335 g/mol. The van der Waals surface area contributed by atoms with E-state index in [0.717, 1.165) is 0 Å². The molecular formula is C10H16N2O4S3. The number of hydrogen-bond donors (Lipinski definition) is 2. The molecule has 0 bridgehead atoms. The van der Waals surface area contributed by atoms with Crippen LogP contribution in [0.25, 0.3) is 0 Å². The number of fused-ring (bicyclic) bond motifs is 1. The summed E-state index contributed by atoms with van der Waals surface area (Å²) in [5.41, 5.74) is -0.989. The average Bonchev–Trinajstić information content (AvgIpc) is 2.81. The molecule has 0 fully saturated rings. The molecule has 9 heteroatoms. The summed E-state index contributed by atoms with van der Waals surface area (Å²) < 4.78 is 132. The minimum Gasteiger partial charge on any atom is -0.310 e. The van der Waals surface area contributed by atoms with E-state index in [-0.39, 0.29) is 11.3 Å². The van der Waals surface area contributed by atoms with Crippen molar-refractivity contribution in [3.63, 3.8) is 0 Å². The van der Waals surface area contributed by atoms with Crippen molar-refractivity contribution in [3.8, 4) is 0 Å². The third kappa shape index (κ3) is 2.57. The maximum absolute atomic E-state index is 12.9. The number of nitrogens with one attached hydrogen (secondary N) is 1. The van der Waals surface area contributed by atoms with E-state index in [1.165, 1.54) is 0 Å². The Morgan fingerprint density at radius 1 is 1.79 bits per heavy atom. The molecule has 108 valence electrons. The highest BCUT2D eigenvalue weighted by molar-refractivity contribution is 7.95. The normalized spacial score (nSPS) is 44.4. The number of sulfonamides is 1. The van der Waals surface area contributed by atoms with Gasteiger partial charge in [0.05, 0.1) is 7.97 Å². The van der Waals surface area contributed by atoms with Gasteiger partial charge in [-0.15, -0.1) is 11.3 Å². The molecule has 1 aliphatic rings. The lowest BCUT2D eigenvalue weighted by Gasteiger charge is -2.27. The first-order valence-corrected chi connectivity index (χ1v) is 8.48. The van der Waals surface area contributed by atoms with Gasteiger partial charge >= 0.3 is 0 Å². The Morgan fingerprint density at radius 3 is 3.11 bits per heavy atom. The van der Waals surface area contributed by atoms with Crippen molar-refractivity contribution in [3.05, 3.63) is 11.6 Å². The summed E-state index contributed by atoms with van der Waals surface area (Å²) in [4.78, 5) is 0. The van der Waals surface area contributed by atoms with Gasteiger partial charge in [0, 0.05) is 23.9 Å². The maximum atomic E-state index is 12.9. The lowest BCUT2D eigenvalue weighted by Crippen LogP contribution is -2.33. The fraction of sp³-hybridized carbons (Fsp3) is 0.600. The van der Waals surface area contributed by atoms with Gasteiger partial charge in [0.15, 0.2) is 9.84 Å². The Morgan fingerprint density at radius 2 is 2.53 bits per heavy atom. The van der Waals surface area contributed by atoms with Gasteiger partial charge in [0.25, 0.3) is 0 Å². The van der Waals surface area contributed by atoms with Crippen LogP contribution in [-0.4, -0.2) is 28.6 Å². The van der Waals surface area contributed by atoms with Crippen LogP contribution in [0.2, 0.25) is 0 Å². The van der Waals surface area contributed by atoms with E-state index < -0.39 is 77.8 Å². The number of sulfone groups is 1. The van der Waals surface area contributed by atoms with Gasteiger partial charge in [-0.25, -0.2) is 22.0 Å². The summed E-state index contributed by atoms with van der Waals surface area (Å²) >= 11 is -0.151. The molecule has 0 aliphatic carbocycles. The molecule has 2 heterocycles. The number of primary sulfonamides is 1. The second-order valence-electron chi connectivity index (χ2n) is 3.55. The second kappa shape index (κ2) is 4.81. The van der Waals surface area contributed by atoms with Crippen LogP contribution in [0.4, 0.5) is 0 Å². The van der Waals surface area contributed by atoms with Crippen molar-refractivity contribution in [1.82, 2.24) is 5.32 Å². The summed E-state index contributed by atoms with van der Waals surface area (Å²) in [6.07, 6.45) is -1.52. The van der Waals surface area contributed by atoms with Crippen LogP contribution in [0.3, 0.4) is 0 Å². The van der Waals surface area contributed by atoms with Crippen LogP contribution in [0.1, 0.15) is 46.8 Å². The smallest absolute Gasteiger partial charge is 0.247 e. The minimum absolute atomic E-state index is 0.151. The summed E-state index contributed by atoms with van der Waals surface area (Å²) in [6, 6.07) is -4.11. The molecule has 0 unspecified atom stereocenters. The fourth-order valence-corrected chi connectivity index (χ4v) is 5.18. The topological polar surface area (TPSA) is 106 Å². The van der Waals surface area contributed by atoms with Gasteiger partial charge in [0.2, 0.25) is 10.0 Å². The van der Waals surface area contributed by atoms with E-state index in [0.29, 0.717) is 0 Å². The first-order valence-electron chi connectivity index (χ1n) is 10.1. The highest BCUT2D eigenvalue weighted by Gasteiger charge is 2.39. The van der Waals surface area contributed by atoms with Crippen LogP contribution < -0.4 is 10.5 Å². The number of nitrogens with two attached hydrogens (primary N) is 1. The molecule has 0 radical (unpaired) electrons. The van der Waals surface area contributed by atoms with E-state index in [2.05, 4.69) is 0 Å². The standard InChI is InChI=1S/C10H16N2O4S3/c1-3-12-8-4-6(2)18(13,14)10-7(8)5-9(17-10)19(11,15)16/h5-6,8,12H,3-4H2,1-2H3,(H2,11,15,16)/t6-,8-/m0/s1/i1D3,2D3,3D2,5D,6D,8D. The van der Waals surface area contributed by atoms with Gasteiger partial charge in [-0.2, -0.15) is 0 Å². The van der Waals surface area contributed by atoms with Crippen molar-refractivity contribution in [2.24, 2.45) is 5.14 Å². The van der Waals surface area contributed by atoms with Crippen LogP contribution >= 0.6 is 11.3 Å². The highest BCUT2D eigenvalue weighted by Crippen LogP contribution is 2.42. The molecule has 0 saturated heterocycles. The first kappa shape index (κ1) is 6.10. The Bertz CT molecular complexity index is 1090. The summed E-state index contributed by atoms with van der Waals surface area (Å²) in [5, 5.41) is 3.18. The van der Waals surface area contributed by atoms with Crippen molar-refractivity contribution < 1.29 is 31.9 Å². The number of hydrogen-bond acceptors (Lipinski definition) is 6. The third-order valence-electron chi connectivity index (χ3n) is 2.30. The molecule has 3 N–H and O–H groups in total. The Hall–Kier alpha value is -0.480. The number of thiophene rings is 1. The van der Waals surface area contributed by atoms with Gasteiger partial charge in [-0.1, -0.05) is 6.85 Å². The Kier molecular flexibility index (Phi) is 1.55. The molecule has 0 spiro atoms. The molecule has 0 aromatic carbocycles. The van der Waals surface area contributed by atoms with E-state index in [1.807, 2.05) is 0 Å². The van der Waals surface area contributed by atoms with Crippen molar-refractivity contribution >= 4 is 31.2 Å². The summed E-state index contributed by atoms with van der Waals surface area (Å²) in [6.45, 7) is -10.4. The van der Waals surface area contributed by atoms with Crippen molar-refractivity contribution in [1.29, 1.82) is 0 Å². The van der Waals surface area contributed by atoms with Gasteiger partial charge in [0.1, 0.15) is 8.42 Å². The van der Waals surface area contributed by atoms with Gasteiger partial charge < -0.3 is 5.32 Å². The zero-order chi connectivity index (χ0) is 23.9. The summed E-state index contributed by atoms with van der Waals surface area (Å²) in [7, 11) is -9.93. The molecule has 1 aliphatic heterocycles. The third-order valence-corrected chi connectivity index (χ3v) is 6.93. The average molecular weight is 336 g/mol. The molecule has 6 nitrogen and oxygen atoms in total. The minimum atomic E-state index is -5.20. The molecule has 1 aromatic rings. The molecule has 2 atom stereocenters. The Labute approximate surface area is 132 Å². The fourth-order valence-electron chi connectivity index (χ4n) is 1.47. The summed E-state index contributed by atoms with van der Waals surface area (Å²) in [5.74, 6) is 0. The lowest BCUT2D eigenvalue weighted by atomic mass is 10.1. The van der Waals surface area contributed by atoms with E-state index >= 15 is 0 Å². The molecule has 19 heavy (non-hydrogen) atoms. The maximum Gasteiger partial charge on any atom is 0.247 e. The SMILES string of the molecule is [2H]c1c(S(N)(=O)=O)sc2c1[C@@]([2H])(NC([2H])([2H])C([2H])([2H])[2H])C[C@]([2H])(C([2H])([2H])[2H])S2(=O)=O. The number of rotatable bonds is 3. The molecule has 1 aromatic heterocycles. The molecule has 2 rings (SSSR count). The lowest BCUT2D eigenvalue weighted by molar-refractivity contribution is 0.477. The first-order chi connectivity index (χ1) is 12.9. The predicted octanol–water partition coefficient (Wildman–Crippen LogP) is 0.612. The van der Waals surface area contributed by atoms with Crippen molar-refractivity contribution in [2.45, 2.75) is 39.8 Å². The zero-order valence-corrected chi connectivity index (χ0v) is 11.6. The van der Waals surface area contributed by atoms with Crippen molar-refractivity contribution in [2.75, 3.05) is 6.50 Å². The quantitative estimate of drug-likeness (QED) is 0.842. The largest absolute Gasteiger partial charge is 0.310 e. The molecule has 0 saturated carbocycles. The molecular weight excluding hydrogens is 308 g/mol.